The standard InChI is InChI=1S/C50H78F4N4O13S/c1-4-11-58(12-5-2)50(60)39-35-44-43(56-45(55)36-39)37-40(72-44)9-7-6-8-13-57(3)14-16-62-18-20-64-22-24-66-26-28-68-30-32-70-34-33-69-31-29-67-27-25-65-23-21-63-19-17-61-15-10-46(59)71-49-47(53)41(51)38-42(52)48(49)54/h35,37-38H,4-34,36H2,1-3H3,(H2,55,56). The summed E-state index contributed by atoms with van der Waals surface area (Å²) >= 11 is 1.72. The third kappa shape index (κ3) is 27.6. The Morgan fingerprint density at radius 3 is 1.50 bits per heavy atom. The monoisotopic (exact) mass is 1050 g/mol. The maximum atomic E-state index is 13.6. The van der Waals surface area contributed by atoms with E-state index in [2.05, 4.69) is 41.6 Å². The Morgan fingerprint density at radius 2 is 1.04 bits per heavy atom. The zero-order valence-corrected chi connectivity index (χ0v) is 43.3. The molecule has 2 heterocycles. The molecule has 2 N–H and O–H groups in total. The van der Waals surface area contributed by atoms with Crippen LogP contribution in [0.25, 0.3) is 6.08 Å². The number of ether oxygens (including phenoxy) is 11. The van der Waals surface area contributed by atoms with Crippen molar-refractivity contribution in [2.45, 2.75) is 65.2 Å². The summed E-state index contributed by atoms with van der Waals surface area (Å²) in [6.45, 7) is 15.4. The van der Waals surface area contributed by atoms with Crippen LogP contribution in [0.2, 0.25) is 0 Å². The number of amidine groups is 1. The van der Waals surface area contributed by atoms with Crippen molar-refractivity contribution >= 4 is 40.8 Å². The van der Waals surface area contributed by atoms with Gasteiger partial charge in [-0.15, -0.1) is 11.3 Å². The van der Waals surface area contributed by atoms with Crippen LogP contribution in [-0.2, 0) is 63.4 Å². The van der Waals surface area contributed by atoms with Crippen molar-refractivity contribution in [1.29, 1.82) is 0 Å². The Hall–Kier alpha value is -3.65. The Bertz CT molecular complexity index is 1830. The van der Waals surface area contributed by atoms with E-state index < -0.39 is 41.4 Å². The maximum absolute atomic E-state index is 13.6. The Labute approximate surface area is 426 Å². The number of nitrogens with two attached hydrogens (primary N) is 1. The second-order valence-electron chi connectivity index (χ2n) is 16.5. The number of hydrogen-bond donors (Lipinski definition) is 1. The van der Waals surface area contributed by atoms with Crippen molar-refractivity contribution in [2.75, 3.05) is 165 Å². The van der Waals surface area contributed by atoms with E-state index in [1.165, 1.54) is 4.88 Å². The van der Waals surface area contributed by atoms with Gasteiger partial charge in [0.05, 0.1) is 149 Å². The minimum Gasteiger partial charge on any atom is -0.420 e. The minimum atomic E-state index is -1.80. The van der Waals surface area contributed by atoms with Gasteiger partial charge < -0.3 is 67.6 Å². The Kier molecular flexibility index (Phi) is 34.6. The van der Waals surface area contributed by atoms with Gasteiger partial charge in [-0.1, -0.05) is 20.3 Å². The number of benzene rings is 1. The van der Waals surface area contributed by atoms with Crippen LogP contribution in [-0.4, -0.2) is 193 Å². The summed E-state index contributed by atoms with van der Waals surface area (Å²) in [5.74, 6) is -8.93. The Morgan fingerprint density at radius 1 is 0.597 bits per heavy atom. The number of aryl methyl sites for hydroxylation is 1. The quantitative estimate of drug-likeness (QED) is 0.0248. The molecule has 3 rings (SSSR count). The van der Waals surface area contributed by atoms with E-state index in [0.29, 0.717) is 125 Å². The van der Waals surface area contributed by atoms with Gasteiger partial charge in [0.25, 0.3) is 0 Å². The number of amides is 1. The van der Waals surface area contributed by atoms with Crippen LogP contribution in [0, 0.1) is 23.3 Å². The highest BCUT2D eigenvalue weighted by Crippen LogP contribution is 2.35. The number of aliphatic imine (C=N–C) groups is 1. The van der Waals surface area contributed by atoms with Crippen LogP contribution in [0.4, 0.5) is 23.2 Å². The highest BCUT2D eigenvalue weighted by molar-refractivity contribution is 7.13. The van der Waals surface area contributed by atoms with Crippen molar-refractivity contribution in [3.8, 4) is 5.75 Å². The number of likely N-dealkylation sites (N-methyl/N-ethyl adjacent to an activating group) is 1. The van der Waals surface area contributed by atoms with Gasteiger partial charge in [-0.2, -0.15) is 8.78 Å². The molecule has 0 spiro atoms. The number of halogens is 4. The average molecular weight is 1050 g/mol. The molecule has 2 aromatic rings. The molecule has 1 aromatic heterocycles. The third-order valence-corrected chi connectivity index (χ3v) is 11.6. The molecule has 0 bridgehead atoms. The lowest BCUT2D eigenvalue weighted by atomic mass is 10.1. The number of nitrogens with zero attached hydrogens (tertiary/aromatic N) is 3. The van der Waals surface area contributed by atoms with Crippen molar-refractivity contribution in [3.63, 3.8) is 0 Å². The van der Waals surface area contributed by atoms with E-state index in [-0.39, 0.29) is 31.8 Å². The molecule has 0 unspecified atom stereocenters. The van der Waals surface area contributed by atoms with Gasteiger partial charge >= 0.3 is 5.97 Å². The van der Waals surface area contributed by atoms with E-state index >= 15 is 0 Å². The molecule has 0 atom stereocenters. The summed E-state index contributed by atoms with van der Waals surface area (Å²) < 4.78 is 113. The fourth-order valence-corrected chi connectivity index (χ4v) is 7.90. The van der Waals surface area contributed by atoms with E-state index in [0.717, 1.165) is 80.8 Å². The average Bonchev–Trinajstić information content (AvgIpc) is 3.66. The summed E-state index contributed by atoms with van der Waals surface area (Å²) in [6.07, 6.45) is 8.18. The number of unbranched alkanes of at least 4 members (excludes halogenated alkanes) is 2. The molecule has 0 aliphatic carbocycles. The van der Waals surface area contributed by atoms with Crippen LogP contribution in [0.3, 0.4) is 0 Å². The van der Waals surface area contributed by atoms with Crippen LogP contribution in [0.5, 0.6) is 5.75 Å². The molecule has 1 aromatic carbocycles. The number of thiophene rings is 1. The molecule has 0 fully saturated rings. The van der Waals surface area contributed by atoms with Crippen molar-refractivity contribution in [1.82, 2.24) is 9.80 Å². The molecule has 1 aliphatic rings. The molecule has 72 heavy (non-hydrogen) atoms. The van der Waals surface area contributed by atoms with Gasteiger partial charge in [0.15, 0.2) is 11.6 Å². The van der Waals surface area contributed by atoms with Gasteiger partial charge in [0, 0.05) is 42.6 Å². The summed E-state index contributed by atoms with van der Waals surface area (Å²) in [5, 5.41) is 0. The third-order valence-electron chi connectivity index (χ3n) is 10.4. The fourth-order valence-electron chi connectivity index (χ4n) is 6.79. The molecule has 0 saturated heterocycles. The summed E-state index contributed by atoms with van der Waals surface area (Å²) in [5.41, 5.74) is 7.84. The lowest BCUT2D eigenvalue weighted by molar-refractivity contribution is -0.136. The fraction of sp³-hybridized carbons (Fsp3) is 0.700. The van der Waals surface area contributed by atoms with Crippen molar-refractivity contribution in [3.05, 3.63) is 50.7 Å². The van der Waals surface area contributed by atoms with Crippen molar-refractivity contribution < 1.29 is 79.3 Å². The highest BCUT2D eigenvalue weighted by Gasteiger charge is 2.24. The van der Waals surface area contributed by atoms with Crippen LogP contribution < -0.4 is 10.5 Å². The second kappa shape index (κ2) is 39.8. The molecular formula is C50H78F4N4O13S. The zero-order chi connectivity index (χ0) is 52.0. The van der Waals surface area contributed by atoms with Gasteiger partial charge in [-0.25, -0.2) is 13.8 Å². The number of esters is 1. The number of hydrogen-bond acceptors (Lipinski definition) is 17. The van der Waals surface area contributed by atoms with E-state index in [1.54, 1.807) is 11.3 Å². The SMILES string of the molecule is CCCN(CCC)C(=O)C1=Cc2sc(CCCCCN(C)CCOCCOCCOCCOCCOCCOCCOCCOCCOCCOCCC(=O)Oc3c(F)c(F)cc(F)c3F)cc2N=C(N)C1. The van der Waals surface area contributed by atoms with E-state index in [1.807, 2.05) is 11.0 Å². The van der Waals surface area contributed by atoms with Crippen LogP contribution >= 0.6 is 11.3 Å². The maximum Gasteiger partial charge on any atom is 0.313 e. The first-order chi connectivity index (χ1) is 35.0. The predicted octanol–water partition coefficient (Wildman–Crippen LogP) is 6.54. The molecule has 17 nitrogen and oxygen atoms in total. The normalized spacial score (nSPS) is 12.6. The number of fused-ring (bicyclic) bond motifs is 1. The zero-order valence-electron chi connectivity index (χ0n) is 42.5. The summed E-state index contributed by atoms with van der Waals surface area (Å²) in [7, 11) is 2.12. The van der Waals surface area contributed by atoms with Gasteiger partial charge in [0.1, 0.15) is 5.84 Å². The first kappa shape index (κ1) is 62.6. The van der Waals surface area contributed by atoms with Crippen molar-refractivity contribution in [2.24, 2.45) is 10.7 Å². The minimum absolute atomic E-state index is 0.0194. The van der Waals surface area contributed by atoms with Gasteiger partial charge in [0.2, 0.25) is 23.3 Å². The smallest absolute Gasteiger partial charge is 0.313 e. The molecule has 0 saturated carbocycles. The van der Waals surface area contributed by atoms with E-state index in [4.69, 9.17) is 53.1 Å². The highest BCUT2D eigenvalue weighted by atomic mass is 32.1. The van der Waals surface area contributed by atoms with Gasteiger partial charge in [-0.3, -0.25) is 9.59 Å². The first-order valence-corrected chi connectivity index (χ1v) is 25.8. The molecular weight excluding hydrogens is 973 g/mol. The molecule has 1 aliphatic heterocycles. The topological polar surface area (TPSA) is 181 Å². The van der Waals surface area contributed by atoms with Gasteiger partial charge in [-0.05, 0) is 57.8 Å². The lowest BCUT2D eigenvalue weighted by Gasteiger charge is -2.22. The molecule has 0 radical (unpaired) electrons. The second-order valence-corrected chi connectivity index (χ2v) is 17.6. The van der Waals surface area contributed by atoms with E-state index in [9.17, 15) is 27.2 Å². The van der Waals surface area contributed by atoms with Crippen LogP contribution in [0.1, 0.15) is 68.5 Å². The predicted molar refractivity (Wildman–Crippen MR) is 265 cm³/mol. The molecule has 410 valence electrons. The largest absolute Gasteiger partial charge is 0.420 e. The molecule has 1 amide bonds. The summed E-state index contributed by atoms with van der Waals surface area (Å²) in [6, 6.07) is 2.15. The lowest BCUT2D eigenvalue weighted by Crippen LogP contribution is -2.34. The first-order valence-electron chi connectivity index (χ1n) is 25.0. The summed E-state index contributed by atoms with van der Waals surface area (Å²) in [4.78, 5) is 36.2. The number of carbonyl (C=O) groups excluding carboxylic acids is 2. The van der Waals surface area contributed by atoms with Crippen LogP contribution in [0.15, 0.2) is 22.7 Å². The molecule has 22 heteroatoms. The number of rotatable bonds is 45. The number of carbonyl (C=O) groups is 2. The Balaban J connectivity index is 0.982.